The molecule has 1 fully saturated rings. The Morgan fingerprint density at radius 1 is 1.15 bits per heavy atom. The molecule has 1 saturated carbocycles. The highest BCUT2D eigenvalue weighted by molar-refractivity contribution is 5.64. The van der Waals surface area contributed by atoms with Gasteiger partial charge >= 0.3 is 0 Å². The van der Waals surface area contributed by atoms with E-state index in [2.05, 4.69) is 44.1 Å². The van der Waals surface area contributed by atoms with Crippen molar-refractivity contribution in [2.45, 2.75) is 104 Å². The molecule has 26 heavy (non-hydrogen) atoms. The van der Waals surface area contributed by atoms with Crippen LogP contribution in [0.25, 0.3) is 0 Å². The second-order valence-electron chi connectivity index (χ2n) is 10.1. The van der Waals surface area contributed by atoms with Crippen LogP contribution < -0.4 is 0 Å². The third kappa shape index (κ3) is 5.09. The van der Waals surface area contributed by atoms with Crippen LogP contribution in [0, 0.1) is 16.7 Å². The Morgan fingerprint density at radius 3 is 2.77 bits per heavy atom. The van der Waals surface area contributed by atoms with Gasteiger partial charge in [0.1, 0.15) is 0 Å². The quantitative estimate of drug-likeness (QED) is 0.570. The number of hydrogen-bond donors (Lipinski definition) is 1. The highest BCUT2D eigenvalue weighted by atomic mass is 16.3. The van der Waals surface area contributed by atoms with E-state index in [1.54, 1.807) is 0 Å². The monoisotopic (exact) mass is 357 g/mol. The summed E-state index contributed by atoms with van der Waals surface area (Å²) in [5, 5.41) is 10.6. The number of aliphatic hydroxyl groups excluding tert-OH is 1. The van der Waals surface area contributed by atoms with Gasteiger partial charge in [-0.1, -0.05) is 45.8 Å². The minimum Gasteiger partial charge on any atom is -0.393 e. The van der Waals surface area contributed by atoms with Crippen LogP contribution in [0.2, 0.25) is 0 Å². The smallest absolute Gasteiger partial charge is 0.0614 e. The Hall–Kier alpha value is -0.890. The lowest BCUT2D eigenvalue weighted by atomic mass is 9.67. The number of aliphatic imine (C=N–C) groups is 1. The van der Waals surface area contributed by atoms with Crippen molar-refractivity contribution in [3.05, 3.63) is 23.4 Å². The van der Waals surface area contributed by atoms with Crippen LogP contribution in [-0.2, 0) is 0 Å². The van der Waals surface area contributed by atoms with E-state index in [-0.39, 0.29) is 11.5 Å². The van der Waals surface area contributed by atoms with Crippen LogP contribution in [0.5, 0.6) is 0 Å². The first-order chi connectivity index (χ1) is 12.4. The fourth-order valence-corrected chi connectivity index (χ4v) is 5.14. The average molecular weight is 358 g/mol. The van der Waals surface area contributed by atoms with Gasteiger partial charge in [0, 0.05) is 6.21 Å². The topological polar surface area (TPSA) is 32.6 Å². The number of rotatable bonds is 6. The van der Waals surface area contributed by atoms with E-state index in [1.807, 2.05) is 0 Å². The van der Waals surface area contributed by atoms with E-state index < -0.39 is 0 Å². The van der Waals surface area contributed by atoms with Crippen molar-refractivity contribution in [1.29, 1.82) is 0 Å². The van der Waals surface area contributed by atoms with Gasteiger partial charge in [-0.15, -0.1) is 0 Å². The van der Waals surface area contributed by atoms with Gasteiger partial charge < -0.3 is 5.11 Å². The maximum Gasteiger partial charge on any atom is 0.0614 e. The molecule has 1 aliphatic heterocycles. The summed E-state index contributed by atoms with van der Waals surface area (Å²) >= 11 is 0. The first kappa shape index (κ1) is 19.9. The predicted octanol–water partition coefficient (Wildman–Crippen LogP) is 6.60. The fourth-order valence-electron chi connectivity index (χ4n) is 5.14. The van der Waals surface area contributed by atoms with Gasteiger partial charge in [-0.2, -0.15) is 0 Å². The lowest BCUT2D eigenvalue weighted by Gasteiger charge is -2.39. The molecule has 1 heterocycles. The lowest BCUT2D eigenvalue weighted by Crippen LogP contribution is -2.29. The summed E-state index contributed by atoms with van der Waals surface area (Å²) in [6.07, 6.45) is 20.9. The van der Waals surface area contributed by atoms with E-state index in [0.717, 1.165) is 50.9 Å². The van der Waals surface area contributed by atoms with Crippen molar-refractivity contribution in [2.24, 2.45) is 21.7 Å². The second-order valence-corrected chi connectivity index (χ2v) is 10.1. The molecule has 3 atom stereocenters. The van der Waals surface area contributed by atoms with Gasteiger partial charge in [-0.25, -0.2) is 0 Å². The molecule has 0 radical (unpaired) electrons. The molecule has 146 valence electrons. The Labute approximate surface area is 160 Å². The summed E-state index contributed by atoms with van der Waals surface area (Å²) in [4.78, 5) is 4.59. The summed E-state index contributed by atoms with van der Waals surface area (Å²) < 4.78 is 0. The van der Waals surface area contributed by atoms with E-state index in [9.17, 15) is 5.11 Å². The third-order valence-corrected chi connectivity index (χ3v) is 7.39. The molecule has 0 saturated heterocycles. The fraction of sp³-hybridized carbons (Fsp3) is 0.792. The largest absolute Gasteiger partial charge is 0.393 e. The van der Waals surface area contributed by atoms with Gasteiger partial charge in [0.05, 0.1) is 11.8 Å². The van der Waals surface area contributed by atoms with Crippen LogP contribution in [-0.4, -0.2) is 17.4 Å². The SMILES string of the molecule is CC1(CCC(O)CCC2CCCCC2(C)C)CC=C2CCC=NC2=CC1. The molecule has 3 unspecified atom stereocenters. The number of nitrogens with zero attached hydrogens (tertiary/aromatic N) is 1. The average Bonchev–Trinajstić information content (AvgIpc) is 2.79. The lowest BCUT2D eigenvalue weighted by molar-refractivity contribution is 0.0855. The Balaban J connectivity index is 1.47. The zero-order chi connectivity index (χ0) is 18.6. The number of allylic oxidation sites excluding steroid dienone is 3. The predicted molar refractivity (Wildman–Crippen MR) is 111 cm³/mol. The maximum absolute atomic E-state index is 10.6. The minimum absolute atomic E-state index is 0.131. The molecule has 2 heteroatoms. The molecule has 2 nitrogen and oxygen atoms in total. The zero-order valence-electron chi connectivity index (χ0n) is 17.3. The van der Waals surface area contributed by atoms with E-state index in [1.165, 1.54) is 43.4 Å². The van der Waals surface area contributed by atoms with Crippen molar-refractivity contribution in [3.63, 3.8) is 0 Å². The van der Waals surface area contributed by atoms with Crippen LogP contribution >= 0.6 is 0 Å². The van der Waals surface area contributed by atoms with Crippen LogP contribution in [0.4, 0.5) is 0 Å². The first-order valence-corrected chi connectivity index (χ1v) is 11.0. The first-order valence-electron chi connectivity index (χ1n) is 11.0. The number of aliphatic hydroxyl groups is 1. The molecule has 0 aromatic carbocycles. The molecule has 0 spiro atoms. The summed E-state index contributed by atoms with van der Waals surface area (Å²) in [6.45, 7) is 7.25. The molecule has 0 bridgehead atoms. The van der Waals surface area contributed by atoms with Gasteiger partial charge in [0.25, 0.3) is 0 Å². The molecule has 0 aromatic rings. The standard InChI is InChI=1S/C24H39NO/c1-23(2)14-5-4-8-20(23)9-10-21(26)12-16-24(3)15-11-19-7-6-18-25-22(19)13-17-24/h11,13,18,20-21,26H,4-10,12,14-17H2,1-3H3. The molecular formula is C24H39NO. The normalized spacial score (nSPS) is 32.2. The Bertz CT molecular complexity index is 571. The summed E-state index contributed by atoms with van der Waals surface area (Å²) in [7, 11) is 0. The summed E-state index contributed by atoms with van der Waals surface area (Å²) in [6, 6.07) is 0. The number of fused-ring (bicyclic) bond motifs is 1. The maximum atomic E-state index is 10.6. The van der Waals surface area contributed by atoms with E-state index in [0.29, 0.717) is 5.41 Å². The molecule has 3 rings (SSSR count). The molecule has 0 amide bonds. The highest BCUT2D eigenvalue weighted by Crippen LogP contribution is 2.43. The van der Waals surface area contributed by atoms with Gasteiger partial charge in [0.15, 0.2) is 0 Å². The van der Waals surface area contributed by atoms with Crippen molar-refractivity contribution in [3.8, 4) is 0 Å². The number of hydrogen-bond acceptors (Lipinski definition) is 2. The molecule has 2 aliphatic carbocycles. The van der Waals surface area contributed by atoms with Crippen molar-refractivity contribution in [2.75, 3.05) is 0 Å². The molecule has 3 aliphatic rings. The second kappa shape index (κ2) is 8.42. The van der Waals surface area contributed by atoms with Gasteiger partial charge in [-0.3, -0.25) is 4.99 Å². The van der Waals surface area contributed by atoms with Gasteiger partial charge in [-0.05, 0) is 86.5 Å². The Morgan fingerprint density at radius 2 is 1.96 bits per heavy atom. The van der Waals surface area contributed by atoms with Crippen LogP contribution in [0.3, 0.4) is 0 Å². The Kier molecular flexibility index (Phi) is 6.43. The van der Waals surface area contributed by atoms with E-state index in [4.69, 9.17) is 0 Å². The molecule has 0 aromatic heterocycles. The van der Waals surface area contributed by atoms with Crippen molar-refractivity contribution < 1.29 is 5.11 Å². The van der Waals surface area contributed by atoms with E-state index >= 15 is 0 Å². The van der Waals surface area contributed by atoms with Gasteiger partial charge in [0.2, 0.25) is 0 Å². The zero-order valence-corrected chi connectivity index (χ0v) is 17.3. The third-order valence-electron chi connectivity index (χ3n) is 7.39. The minimum atomic E-state index is -0.131. The van der Waals surface area contributed by atoms with Crippen molar-refractivity contribution >= 4 is 6.21 Å². The highest BCUT2D eigenvalue weighted by Gasteiger charge is 2.32. The van der Waals surface area contributed by atoms with Crippen LogP contribution in [0.15, 0.2) is 28.4 Å². The van der Waals surface area contributed by atoms with Crippen LogP contribution in [0.1, 0.15) is 97.8 Å². The summed E-state index contributed by atoms with van der Waals surface area (Å²) in [5.41, 5.74) is 3.40. The summed E-state index contributed by atoms with van der Waals surface area (Å²) in [5.74, 6) is 0.801. The molecular weight excluding hydrogens is 318 g/mol. The van der Waals surface area contributed by atoms with Crippen molar-refractivity contribution in [1.82, 2.24) is 0 Å². The molecule has 1 N–H and O–H groups in total.